The largest absolute Gasteiger partial charge is 0.494 e. The van der Waals surface area contributed by atoms with Gasteiger partial charge in [0, 0.05) is 11.3 Å². The summed E-state index contributed by atoms with van der Waals surface area (Å²) in [5, 5.41) is 2.91. The molecule has 0 bridgehead atoms. The zero-order chi connectivity index (χ0) is 23.1. The van der Waals surface area contributed by atoms with Crippen LogP contribution in [0.2, 0.25) is 0 Å². The Morgan fingerprint density at radius 1 is 0.636 bits per heavy atom. The molecule has 3 rings (SSSR count). The monoisotopic (exact) mass is 447 g/mol. The number of amides is 1. The van der Waals surface area contributed by atoms with Gasteiger partial charge >= 0.3 is 0 Å². The quantitative estimate of drug-likeness (QED) is 0.278. The van der Waals surface area contributed by atoms with Gasteiger partial charge in [0.1, 0.15) is 30.5 Å². The first-order chi connectivity index (χ1) is 16.2. The molecule has 0 aromatic heterocycles. The molecule has 0 aliphatic rings. The lowest BCUT2D eigenvalue weighted by Gasteiger charge is -2.10. The third kappa shape index (κ3) is 8.89. The van der Waals surface area contributed by atoms with Gasteiger partial charge in [0.15, 0.2) is 0 Å². The van der Waals surface area contributed by atoms with Gasteiger partial charge in [-0.15, -0.1) is 0 Å². The van der Waals surface area contributed by atoms with Crippen molar-refractivity contribution in [2.24, 2.45) is 0 Å². The predicted molar refractivity (Wildman–Crippen MR) is 133 cm³/mol. The summed E-state index contributed by atoms with van der Waals surface area (Å²) in [5.74, 6) is 2.16. The zero-order valence-electron chi connectivity index (χ0n) is 19.3. The van der Waals surface area contributed by atoms with E-state index in [1.54, 1.807) is 24.3 Å². The van der Waals surface area contributed by atoms with Gasteiger partial charge in [-0.05, 0) is 67.1 Å². The fraction of sp³-hybridized carbons (Fsp3) is 0.321. The van der Waals surface area contributed by atoms with Crippen molar-refractivity contribution in [3.05, 3.63) is 84.4 Å². The average molecular weight is 448 g/mol. The van der Waals surface area contributed by atoms with Crippen molar-refractivity contribution in [2.45, 2.75) is 39.0 Å². The smallest absolute Gasteiger partial charge is 0.255 e. The van der Waals surface area contributed by atoms with Crippen LogP contribution in [-0.4, -0.2) is 25.7 Å². The number of unbranched alkanes of at least 4 members (excludes halogenated alkanes) is 4. The Bertz CT molecular complexity index is 940. The van der Waals surface area contributed by atoms with Crippen LogP contribution in [0.15, 0.2) is 78.9 Å². The minimum Gasteiger partial charge on any atom is -0.494 e. The van der Waals surface area contributed by atoms with Crippen molar-refractivity contribution in [1.29, 1.82) is 0 Å². The number of benzene rings is 3. The average Bonchev–Trinajstić information content (AvgIpc) is 2.86. The number of para-hydroxylation sites is 1. The molecule has 3 aromatic carbocycles. The first kappa shape index (κ1) is 24.2. The van der Waals surface area contributed by atoms with Crippen LogP contribution in [0.3, 0.4) is 0 Å². The van der Waals surface area contributed by atoms with Gasteiger partial charge in [-0.2, -0.15) is 0 Å². The topological polar surface area (TPSA) is 56.8 Å². The van der Waals surface area contributed by atoms with E-state index in [-0.39, 0.29) is 5.91 Å². The third-order valence-electron chi connectivity index (χ3n) is 5.11. The number of carbonyl (C=O) groups excluding carboxylic acids is 1. The lowest BCUT2D eigenvalue weighted by molar-refractivity contribution is 0.102. The van der Waals surface area contributed by atoms with E-state index in [1.165, 1.54) is 25.7 Å². The van der Waals surface area contributed by atoms with Gasteiger partial charge in [0.2, 0.25) is 0 Å². The summed E-state index contributed by atoms with van der Waals surface area (Å²) in [6.07, 6.45) is 6.07. The van der Waals surface area contributed by atoms with Crippen molar-refractivity contribution in [2.75, 3.05) is 25.1 Å². The molecule has 1 N–H and O–H groups in total. The molecule has 33 heavy (non-hydrogen) atoms. The number of hydrogen-bond donors (Lipinski definition) is 1. The number of hydrogen-bond acceptors (Lipinski definition) is 4. The molecular weight excluding hydrogens is 414 g/mol. The van der Waals surface area contributed by atoms with Crippen molar-refractivity contribution >= 4 is 11.6 Å². The first-order valence-corrected chi connectivity index (χ1v) is 11.7. The Hall–Kier alpha value is -3.47. The maximum absolute atomic E-state index is 12.5. The zero-order valence-corrected chi connectivity index (χ0v) is 19.3. The van der Waals surface area contributed by atoms with Crippen LogP contribution < -0.4 is 19.5 Å². The van der Waals surface area contributed by atoms with Crippen LogP contribution in [0.1, 0.15) is 49.4 Å². The summed E-state index contributed by atoms with van der Waals surface area (Å²) in [6.45, 7) is 3.81. The first-order valence-electron chi connectivity index (χ1n) is 11.7. The van der Waals surface area contributed by atoms with Crippen LogP contribution in [0.25, 0.3) is 0 Å². The highest BCUT2D eigenvalue weighted by Crippen LogP contribution is 2.18. The van der Waals surface area contributed by atoms with Crippen LogP contribution in [0.5, 0.6) is 17.2 Å². The minimum atomic E-state index is -0.168. The summed E-state index contributed by atoms with van der Waals surface area (Å²) in [6, 6.07) is 24.2. The van der Waals surface area contributed by atoms with Crippen LogP contribution >= 0.6 is 0 Å². The van der Waals surface area contributed by atoms with E-state index in [0.717, 1.165) is 30.2 Å². The summed E-state index contributed by atoms with van der Waals surface area (Å²) in [5.41, 5.74) is 1.30. The third-order valence-corrected chi connectivity index (χ3v) is 5.11. The molecule has 0 radical (unpaired) electrons. The minimum absolute atomic E-state index is 0.168. The SMILES string of the molecule is CCCCCCCOc1ccc(NC(=O)c2ccc(OCCOc3ccccc3)cc2)cc1. The fourth-order valence-corrected chi connectivity index (χ4v) is 3.27. The van der Waals surface area contributed by atoms with E-state index in [4.69, 9.17) is 14.2 Å². The predicted octanol–water partition coefficient (Wildman–Crippen LogP) is 6.75. The van der Waals surface area contributed by atoms with Crippen LogP contribution in [-0.2, 0) is 0 Å². The van der Waals surface area contributed by atoms with E-state index >= 15 is 0 Å². The van der Waals surface area contributed by atoms with E-state index in [1.807, 2.05) is 54.6 Å². The van der Waals surface area contributed by atoms with E-state index in [0.29, 0.717) is 24.5 Å². The maximum atomic E-state index is 12.5. The van der Waals surface area contributed by atoms with Gasteiger partial charge in [-0.1, -0.05) is 50.8 Å². The molecule has 174 valence electrons. The second-order valence-electron chi connectivity index (χ2n) is 7.78. The molecule has 0 fully saturated rings. The van der Waals surface area contributed by atoms with Gasteiger partial charge in [-0.3, -0.25) is 4.79 Å². The molecule has 0 atom stereocenters. The molecule has 1 amide bonds. The van der Waals surface area contributed by atoms with Crippen LogP contribution in [0.4, 0.5) is 5.69 Å². The van der Waals surface area contributed by atoms with Gasteiger partial charge in [-0.25, -0.2) is 0 Å². The highest BCUT2D eigenvalue weighted by atomic mass is 16.5. The van der Waals surface area contributed by atoms with Crippen molar-refractivity contribution in [1.82, 2.24) is 0 Å². The molecule has 0 unspecified atom stereocenters. The molecule has 0 heterocycles. The summed E-state index contributed by atoms with van der Waals surface area (Å²) in [7, 11) is 0. The number of nitrogens with one attached hydrogen (secondary N) is 1. The lowest BCUT2D eigenvalue weighted by atomic mass is 10.2. The van der Waals surface area contributed by atoms with Gasteiger partial charge in [0.25, 0.3) is 5.91 Å². The summed E-state index contributed by atoms with van der Waals surface area (Å²) < 4.78 is 17.1. The molecule has 0 aliphatic carbocycles. The standard InChI is InChI=1S/C28H33NO4/c1-2-3-4-5-9-20-31-27-18-14-24(15-19-27)29-28(30)23-12-16-26(17-13-23)33-22-21-32-25-10-7-6-8-11-25/h6-8,10-19H,2-5,9,20-22H2,1H3,(H,29,30). The maximum Gasteiger partial charge on any atom is 0.255 e. The second-order valence-corrected chi connectivity index (χ2v) is 7.78. The molecule has 3 aromatic rings. The molecule has 0 saturated heterocycles. The van der Waals surface area contributed by atoms with Crippen molar-refractivity contribution < 1.29 is 19.0 Å². The Morgan fingerprint density at radius 3 is 1.82 bits per heavy atom. The number of carbonyl (C=O) groups is 1. The molecule has 5 nitrogen and oxygen atoms in total. The molecular formula is C28H33NO4. The number of ether oxygens (including phenoxy) is 3. The molecule has 0 saturated carbocycles. The van der Waals surface area contributed by atoms with Crippen LogP contribution in [0, 0.1) is 0 Å². The molecule has 5 heteroatoms. The number of rotatable bonds is 14. The lowest BCUT2D eigenvalue weighted by Crippen LogP contribution is -2.12. The summed E-state index contributed by atoms with van der Waals surface area (Å²) >= 11 is 0. The van der Waals surface area contributed by atoms with Gasteiger partial charge < -0.3 is 19.5 Å². The highest BCUT2D eigenvalue weighted by Gasteiger charge is 2.07. The van der Waals surface area contributed by atoms with Gasteiger partial charge in [0.05, 0.1) is 6.61 Å². The Morgan fingerprint density at radius 2 is 1.18 bits per heavy atom. The van der Waals surface area contributed by atoms with E-state index in [2.05, 4.69) is 12.2 Å². The Kier molecular flexibility index (Phi) is 10.1. The van der Waals surface area contributed by atoms with Crippen molar-refractivity contribution in [3.8, 4) is 17.2 Å². The fourth-order valence-electron chi connectivity index (χ4n) is 3.27. The molecule has 0 aliphatic heterocycles. The van der Waals surface area contributed by atoms with E-state index < -0.39 is 0 Å². The van der Waals surface area contributed by atoms with E-state index in [9.17, 15) is 4.79 Å². The highest BCUT2D eigenvalue weighted by molar-refractivity contribution is 6.04. The summed E-state index contributed by atoms with van der Waals surface area (Å²) in [4.78, 5) is 12.5. The molecule has 0 spiro atoms. The Balaban J connectivity index is 1.37. The normalized spacial score (nSPS) is 10.5. The second kappa shape index (κ2) is 13.8. The Labute approximate surface area is 196 Å². The van der Waals surface area contributed by atoms with Crippen molar-refractivity contribution in [3.63, 3.8) is 0 Å². The number of anilines is 1.